The molecule has 108 valence electrons. The topological polar surface area (TPSA) is 92.0 Å². The van der Waals surface area contributed by atoms with Crippen molar-refractivity contribution in [3.8, 4) is 5.75 Å². The van der Waals surface area contributed by atoms with Gasteiger partial charge in [0.15, 0.2) is 0 Å². The number of benzene rings is 1. The summed E-state index contributed by atoms with van der Waals surface area (Å²) < 4.78 is 7.38. The molecule has 0 saturated carbocycles. The fourth-order valence-electron chi connectivity index (χ4n) is 2.50. The number of hydrogen-bond donors (Lipinski definition) is 2. The summed E-state index contributed by atoms with van der Waals surface area (Å²) in [6.07, 6.45) is 4.41. The van der Waals surface area contributed by atoms with E-state index in [9.17, 15) is 0 Å². The van der Waals surface area contributed by atoms with Gasteiger partial charge < -0.3 is 20.8 Å². The lowest BCUT2D eigenvalue weighted by molar-refractivity contribution is 0.415. The zero-order valence-electron chi connectivity index (χ0n) is 12.0. The standard InChI is InChI=1S/C15H17N5O/c1-20-8-10(5-9-7-18-15(17)19-14(9)16)12-6-11(21-2)3-4-13(12)20/h3-4,6-8H,5H2,1-2H3,(H4,16,17,18,19). The molecule has 6 heteroatoms. The smallest absolute Gasteiger partial charge is 0.221 e. The van der Waals surface area contributed by atoms with Gasteiger partial charge in [0.05, 0.1) is 7.11 Å². The predicted molar refractivity (Wildman–Crippen MR) is 83.1 cm³/mol. The Morgan fingerprint density at radius 2 is 2.05 bits per heavy atom. The highest BCUT2D eigenvalue weighted by molar-refractivity contribution is 5.85. The number of nitrogens with zero attached hydrogens (tertiary/aromatic N) is 3. The summed E-state index contributed by atoms with van der Waals surface area (Å²) >= 11 is 0. The lowest BCUT2D eigenvalue weighted by atomic mass is 10.1. The van der Waals surface area contributed by atoms with E-state index >= 15 is 0 Å². The Kier molecular flexibility index (Phi) is 3.13. The maximum absolute atomic E-state index is 5.91. The van der Waals surface area contributed by atoms with Gasteiger partial charge >= 0.3 is 0 Å². The highest BCUT2D eigenvalue weighted by atomic mass is 16.5. The zero-order valence-corrected chi connectivity index (χ0v) is 12.0. The first-order valence-corrected chi connectivity index (χ1v) is 6.57. The molecule has 0 radical (unpaired) electrons. The first kappa shape index (κ1) is 13.2. The number of nitrogens with two attached hydrogens (primary N) is 2. The van der Waals surface area contributed by atoms with E-state index in [4.69, 9.17) is 16.2 Å². The van der Waals surface area contributed by atoms with Gasteiger partial charge in [0, 0.05) is 42.3 Å². The van der Waals surface area contributed by atoms with Crippen molar-refractivity contribution in [3.63, 3.8) is 0 Å². The van der Waals surface area contributed by atoms with Crippen molar-refractivity contribution in [1.82, 2.24) is 14.5 Å². The fraction of sp³-hybridized carbons (Fsp3) is 0.200. The van der Waals surface area contributed by atoms with Crippen LogP contribution in [0.3, 0.4) is 0 Å². The van der Waals surface area contributed by atoms with Crippen molar-refractivity contribution in [3.05, 3.63) is 41.7 Å². The largest absolute Gasteiger partial charge is 0.497 e. The van der Waals surface area contributed by atoms with Crippen molar-refractivity contribution >= 4 is 22.7 Å². The lowest BCUT2D eigenvalue weighted by Crippen LogP contribution is -2.03. The van der Waals surface area contributed by atoms with Crippen LogP contribution in [0.4, 0.5) is 11.8 Å². The van der Waals surface area contributed by atoms with Gasteiger partial charge in [-0.2, -0.15) is 4.98 Å². The van der Waals surface area contributed by atoms with Crippen LogP contribution in [0.5, 0.6) is 5.75 Å². The molecule has 0 aliphatic rings. The van der Waals surface area contributed by atoms with Crippen LogP contribution in [0.2, 0.25) is 0 Å². The zero-order chi connectivity index (χ0) is 15.0. The minimum atomic E-state index is 0.191. The molecular formula is C15H17N5O. The molecule has 2 heterocycles. The Morgan fingerprint density at radius 1 is 1.24 bits per heavy atom. The summed E-state index contributed by atoms with van der Waals surface area (Å²) in [7, 11) is 3.68. The minimum absolute atomic E-state index is 0.191. The number of nitrogen functional groups attached to an aromatic ring is 2. The van der Waals surface area contributed by atoms with Crippen LogP contribution in [0, 0.1) is 0 Å². The van der Waals surface area contributed by atoms with E-state index in [1.807, 2.05) is 25.2 Å². The summed E-state index contributed by atoms with van der Waals surface area (Å²) in [6.45, 7) is 0. The van der Waals surface area contributed by atoms with Crippen LogP contribution in [0.15, 0.2) is 30.6 Å². The third-order valence-electron chi connectivity index (χ3n) is 3.58. The van der Waals surface area contributed by atoms with Gasteiger partial charge in [0.1, 0.15) is 11.6 Å². The highest BCUT2D eigenvalue weighted by Gasteiger charge is 2.11. The van der Waals surface area contributed by atoms with Crippen LogP contribution in [0.1, 0.15) is 11.1 Å². The third kappa shape index (κ3) is 2.35. The van der Waals surface area contributed by atoms with Crippen molar-refractivity contribution in [2.45, 2.75) is 6.42 Å². The van der Waals surface area contributed by atoms with Gasteiger partial charge in [0.25, 0.3) is 0 Å². The van der Waals surface area contributed by atoms with Crippen molar-refractivity contribution in [2.75, 3.05) is 18.6 Å². The van der Waals surface area contributed by atoms with Gasteiger partial charge in [0.2, 0.25) is 5.95 Å². The molecule has 0 spiro atoms. The Labute approximate surface area is 122 Å². The molecule has 2 aromatic heterocycles. The molecule has 0 aliphatic heterocycles. The van der Waals surface area contributed by atoms with E-state index in [1.54, 1.807) is 13.3 Å². The number of fused-ring (bicyclic) bond motifs is 1. The maximum atomic E-state index is 5.91. The number of anilines is 2. The first-order valence-electron chi connectivity index (χ1n) is 6.57. The van der Waals surface area contributed by atoms with Gasteiger partial charge in [-0.25, -0.2) is 4.98 Å². The number of aromatic nitrogens is 3. The molecule has 0 atom stereocenters. The van der Waals surface area contributed by atoms with E-state index < -0.39 is 0 Å². The lowest BCUT2D eigenvalue weighted by Gasteiger charge is -2.05. The Bertz CT molecular complexity index is 809. The van der Waals surface area contributed by atoms with E-state index in [2.05, 4.69) is 20.7 Å². The number of ether oxygens (including phenoxy) is 1. The van der Waals surface area contributed by atoms with Crippen LogP contribution < -0.4 is 16.2 Å². The monoisotopic (exact) mass is 283 g/mol. The van der Waals surface area contributed by atoms with E-state index in [-0.39, 0.29) is 5.95 Å². The number of rotatable bonds is 3. The quantitative estimate of drug-likeness (QED) is 0.763. The first-order chi connectivity index (χ1) is 10.1. The number of hydrogen-bond acceptors (Lipinski definition) is 5. The van der Waals surface area contributed by atoms with Crippen molar-refractivity contribution in [2.24, 2.45) is 7.05 Å². The minimum Gasteiger partial charge on any atom is -0.497 e. The van der Waals surface area contributed by atoms with Gasteiger partial charge in [-0.05, 0) is 23.8 Å². The molecule has 6 nitrogen and oxygen atoms in total. The average Bonchev–Trinajstić information content (AvgIpc) is 2.78. The molecule has 3 rings (SSSR count). The molecule has 0 fully saturated rings. The Hall–Kier alpha value is -2.76. The SMILES string of the molecule is COc1ccc2c(c1)c(Cc1cnc(N)nc1N)cn2C. The van der Waals surface area contributed by atoms with E-state index in [0.29, 0.717) is 12.2 Å². The molecule has 4 N–H and O–H groups in total. The maximum Gasteiger partial charge on any atom is 0.221 e. The number of aryl methyl sites for hydroxylation is 1. The third-order valence-corrected chi connectivity index (χ3v) is 3.58. The molecule has 0 amide bonds. The van der Waals surface area contributed by atoms with Crippen LogP contribution >= 0.6 is 0 Å². The van der Waals surface area contributed by atoms with Crippen LogP contribution in [-0.2, 0) is 13.5 Å². The summed E-state index contributed by atoms with van der Waals surface area (Å²) in [5, 5.41) is 1.13. The molecule has 21 heavy (non-hydrogen) atoms. The molecule has 1 aromatic carbocycles. The Balaban J connectivity index is 2.07. The average molecular weight is 283 g/mol. The van der Waals surface area contributed by atoms with Gasteiger partial charge in [-0.1, -0.05) is 0 Å². The second kappa shape index (κ2) is 4.97. The summed E-state index contributed by atoms with van der Waals surface area (Å²) in [5.41, 5.74) is 14.6. The molecule has 0 saturated heterocycles. The molecule has 0 aliphatic carbocycles. The predicted octanol–water partition coefficient (Wildman–Crippen LogP) is 1.73. The Morgan fingerprint density at radius 3 is 2.76 bits per heavy atom. The molecule has 0 bridgehead atoms. The van der Waals surface area contributed by atoms with E-state index in [0.717, 1.165) is 27.8 Å². The van der Waals surface area contributed by atoms with Gasteiger partial charge in [-0.3, -0.25) is 0 Å². The normalized spacial score (nSPS) is 11.0. The second-order valence-corrected chi connectivity index (χ2v) is 4.96. The van der Waals surface area contributed by atoms with Crippen molar-refractivity contribution in [1.29, 1.82) is 0 Å². The van der Waals surface area contributed by atoms with Crippen molar-refractivity contribution < 1.29 is 4.74 Å². The van der Waals surface area contributed by atoms with Crippen LogP contribution in [0.25, 0.3) is 10.9 Å². The van der Waals surface area contributed by atoms with E-state index in [1.165, 1.54) is 0 Å². The molecule has 3 aromatic rings. The highest BCUT2D eigenvalue weighted by Crippen LogP contribution is 2.27. The summed E-state index contributed by atoms with van der Waals surface area (Å²) in [6, 6.07) is 6.02. The second-order valence-electron chi connectivity index (χ2n) is 4.96. The van der Waals surface area contributed by atoms with Gasteiger partial charge in [-0.15, -0.1) is 0 Å². The molecular weight excluding hydrogens is 266 g/mol. The summed E-state index contributed by atoms with van der Waals surface area (Å²) in [4.78, 5) is 8.02. The summed E-state index contributed by atoms with van der Waals surface area (Å²) in [5.74, 6) is 1.44. The van der Waals surface area contributed by atoms with Crippen LogP contribution in [-0.4, -0.2) is 21.6 Å². The fourth-order valence-corrected chi connectivity index (χ4v) is 2.50. The number of methoxy groups -OCH3 is 1. The molecule has 0 unspecified atom stereocenters.